The number of amides is 1. The van der Waals surface area contributed by atoms with Crippen molar-refractivity contribution in [3.8, 4) is 0 Å². The molecule has 1 fully saturated rings. The number of morpholine rings is 1. The summed E-state index contributed by atoms with van der Waals surface area (Å²) in [6, 6.07) is 5.14. The minimum atomic E-state index is -4.48. The molecule has 0 saturated carbocycles. The van der Waals surface area contributed by atoms with Gasteiger partial charge in [-0.25, -0.2) is 0 Å². The lowest BCUT2D eigenvalue weighted by molar-refractivity contribution is -0.233. The number of aromatic amines is 1. The van der Waals surface area contributed by atoms with E-state index in [1.54, 1.807) is 25.1 Å². The Morgan fingerprint density at radius 1 is 1.43 bits per heavy atom. The fourth-order valence-electron chi connectivity index (χ4n) is 2.70. The van der Waals surface area contributed by atoms with Crippen LogP contribution in [-0.2, 0) is 4.74 Å². The van der Waals surface area contributed by atoms with Gasteiger partial charge in [-0.15, -0.1) is 0 Å². The third kappa shape index (κ3) is 3.03. The SMILES string of the molecule is Cc1c(C(=O)N2CCO[C@@H](C(F)(F)F)C2)[nH]c2ccc(Cl)cc12. The van der Waals surface area contributed by atoms with Crippen LogP contribution < -0.4 is 0 Å². The van der Waals surface area contributed by atoms with Gasteiger partial charge in [0, 0.05) is 22.5 Å². The maximum absolute atomic E-state index is 12.8. The van der Waals surface area contributed by atoms with Crippen LogP contribution in [-0.4, -0.2) is 47.8 Å². The van der Waals surface area contributed by atoms with Gasteiger partial charge in [0.05, 0.1) is 13.2 Å². The van der Waals surface area contributed by atoms with E-state index >= 15 is 0 Å². The molecule has 0 radical (unpaired) electrons. The molecule has 1 atom stereocenters. The fraction of sp³-hybridized carbons (Fsp3) is 0.400. The fourth-order valence-corrected chi connectivity index (χ4v) is 2.87. The van der Waals surface area contributed by atoms with Crippen LogP contribution in [0.15, 0.2) is 18.2 Å². The van der Waals surface area contributed by atoms with Crippen LogP contribution in [0, 0.1) is 6.92 Å². The number of carbonyl (C=O) groups is 1. The zero-order valence-corrected chi connectivity index (χ0v) is 13.0. The number of benzene rings is 1. The van der Waals surface area contributed by atoms with Crippen LogP contribution in [0.2, 0.25) is 5.02 Å². The number of nitrogens with zero attached hydrogens (tertiary/aromatic N) is 1. The second kappa shape index (κ2) is 5.72. The minimum Gasteiger partial charge on any atom is -0.365 e. The molecule has 8 heteroatoms. The Morgan fingerprint density at radius 2 is 2.17 bits per heavy atom. The number of alkyl halides is 3. The maximum Gasteiger partial charge on any atom is 0.416 e. The molecule has 23 heavy (non-hydrogen) atoms. The van der Waals surface area contributed by atoms with Gasteiger partial charge in [-0.2, -0.15) is 13.2 Å². The van der Waals surface area contributed by atoms with Crippen molar-refractivity contribution in [2.45, 2.75) is 19.2 Å². The van der Waals surface area contributed by atoms with Crippen molar-refractivity contribution < 1.29 is 22.7 Å². The molecule has 2 aromatic rings. The van der Waals surface area contributed by atoms with Gasteiger partial charge in [-0.3, -0.25) is 4.79 Å². The van der Waals surface area contributed by atoms with E-state index in [-0.39, 0.29) is 18.8 Å². The van der Waals surface area contributed by atoms with Gasteiger partial charge < -0.3 is 14.6 Å². The number of nitrogens with one attached hydrogen (secondary N) is 1. The lowest BCUT2D eigenvalue weighted by atomic mass is 10.1. The van der Waals surface area contributed by atoms with Gasteiger partial charge in [0.25, 0.3) is 5.91 Å². The van der Waals surface area contributed by atoms with Crippen molar-refractivity contribution in [2.24, 2.45) is 0 Å². The zero-order valence-electron chi connectivity index (χ0n) is 12.2. The van der Waals surface area contributed by atoms with Gasteiger partial charge in [0.2, 0.25) is 0 Å². The number of ether oxygens (including phenoxy) is 1. The van der Waals surface area contributed by atoms with E-state index < -0.39 is 24.7 Å². The Labute approximate surface area is 135 Å². The summed E-state index contributed by atoms with van der Waals surface area (Å²) in [7, 11) is 0. The number of aromatic nitrogens is 1. The third-order valence-electron chi connectivity index (χ3n) is 3.95. The molecule has 0 aliphatic carbocycles. The van der Waals surface area contributed by atoms with Crippen LogP contribution >= 0.6 is 11.6 Å². The van der Waals surface area contributed by atoms with E-state index in [0.29, 0.717) is 10.6 Å². The van der Waals surface area contributed by atoms with Crippen LogP contribution in [0.25, 0.3) is 10.9 Å². The standard InChI is InChI=1S/C15H14ClF3N2O2/c1-8-10-6-9(16)2-3-11(10)20-13(8)14(22)21-4-5-23-12(7-21)15(17,18)19/h2-3,6,12,20H,4-5,7H2,1H3/t12-/m1/s1. The normalized spacial score (nSPS) is 19.3. The highest BCUT2D eigenvalue weighted by atomic mass is 35.5. The second-order valence-corrected chi connectivity index (χ2v) is 5.90. The number of halogens is 4. The molecule has 4 nitrogen and oxygen atoms in total. The average Bonchev–Trinajstić information content (AvgIpc) is 2.83. The molecule has 1 aromatic heterocycles. The number of hydrogen-bond acceptors (Lipinski definition) is 2. The number of rotatable bonds is 1. The van der Waals surface area contributed by atoms with E-state index in [2.05, 4.69) is 4.98 Å². The van der Waals surface area contributed by atoms with Crippen molar-refractivity contribution in [1.29, 1.82) is 0 Å². The van der Waals surface area contributed by atoms with Gasteiger partial charge in [0.1, 0.15) is 5.69 Å². The average molecular weight is 347 g/mol. The van der Waals surface area contributed by atoms with Crippen LogP contribution in [0.3, 0.4) is 0 Å². The molecule has 3 rings (SSSR count). The summed E-state index contributed by atoms with van der Waals surface area (Å²) in [4.78, 5) is 16.7. The largest absolute Gasteiger partial charge is 0.416 e. The van der Waals surface area contributed by atoms with Crippen molar-refractivity contribution in [3.05, 3.63) is 34.5 Å². The summed E-state index contributed by atoms with van der Waals surface area (Å²) in [5, 5.41) is 1.31. The Balaban J connectivity index is 1.90. The molecule has 1 N–H and O–H groups in total. The van der Waals surface area contributed by atoms with Crippen LogP contribution in [0.4, 0.5) is 13.2 Å². The number of fused-ring (bicyclic) bond motifs is 1. The minimum absolute atomic E-state index is 0.126. The molecule has 1 aromatic carbocycles. The highest BCUT2D eigenvalue weighted by Gasteiger charge is 2.44. The first kappa shape index (κ1) is 16.1. The monoisotopic (exact) mass is 346 g/mol. The first-order valence-corrected chi connectivity index (χ1v) is 7.40. The maximum atomic E-state index is 12.8. The molecular formula is C15H14ClF3N2O2. The zero-order chi connectivity index (χ0) is 16.8. The molecule has 124 valence electrons. The van der Waals surface area contributed by atoms with E-state index in [0.717, 1.165) is 10.9 Å². The molecular weight excluding hydrogens is 333 g/mol. The molecule has 0 bridgehead atoms. The smallest absolute Gasteiger partial charge is 0.365 e. The Morgan fingerprint density at radius 3 is 2.87 bits per heavy atom. The van der Waals surface area contributed by atoms with E-state index in [4.69, 9.17) is 16.3 Å². The number of aryl methyl sites for hydroxylation is 1. The molecule has 1 aliphatic heterocycles. The summed E-state index contributed by atoms with van der Waals surface area (Å²) < 4.78 is 43.1. The molecule has 0 spiro atoms. The summed E-state index contributed by atoms with van der Waals surface area (Å²) in [5.74, 6) is -0.465. The number of hydrogen-bond donors (Lipinski definition) is 1. The van der Waals surface area contributed by atoms with Gasteiger partial charge >= 0.3 is 6.18 Å². The second-order valence-electron chi connectivity index (χ2n) is 5.47. The topological polar surface area (TPSA) is 45.3 Å². The van der Waals surface area contributed by atoms with E-state index in [1.807, 2.05) is 0 Å². The predicted molar refractivity (Wildman–Crippen MR) is 79.7 cm³/mol. The van der Waals surface area contributed by atoms with Gasteiger partial charge in [-0.05, 0) is 30.7 Å². The van der Waals surface area contributed by atoms with Gasteiger partial charge in [0.15, 0.2) is 6.10 Å². The van der Waals surface area contributed by atoms with Crippen molar-refractivity contribution in [1.82, 2.24) is 9.88 Å². The van der Waals surface area contributed by atoms with Crippen LogP contribution in [0.5, 0.6) is 0 Å². The number of carbonyl (C=O) groups excluding carboxylic acids is 1. The third-order valence-corrected chi connectivity index (χ3v) is 4.19. The van der Waals surface area contributed by atoms with Crippen molar-refractivity contribution >= 4 is 28.4 Å². The Bertz CT molecular complexity index is 757. The summed E-state index contributed by atoms with van der Waals surface area (Å²) >= 11 is 5.95. The van der Waals surface area contributed by atoms with Crippen molar-refractivity contribution in [2.75, 3.05) is 19.7 Å². The van der Waals surface area contributed by atoms with Crippen LogP contribution in [0.1, 0.15) is 16.1 Å². The lowest BCUT2D eigenvalue weighted by Gasteiger charge is -2.33. The van der Waals surface area contributed by atoms with Gasteiger partial charge in [-0.1, -0.05) is 11.6 Å². The quantitative estimate of drug-likeness (QED) is 0.858. The number of H-pyrrole nitrogens is 1. The van der Waals surface area contributed by atoms with Crippen molar-refractivity contribution in [3.63, 3.8) is 0 Å². The predicted octanol–water partition coefficient (Wildman–Crippen LogP) is 3.53. The Hall–Kier alpha value is -1.73. The summed E-state index contributed by atoms with van der Waals surface area (Å²) in [6.45, 7) is 1.23. The summed E-state index contributed by atoms with van der Waals surface area (Å²) in [5.41, 5.74) is 1.67. The van der Waals surface area contributed by atoms with E-state index in [1.165, 1.54) is 4.90 Å². The first-order chi connectivity index (χ1) is 10.8. The molecule has 0 unspecified atom stereocenters. The summed E-state index contributed by atoms with van der Waals surface area (Å²) in [6.07, 6.45) is -6.43. The first-order valence-electron chi connectivity index (χ1n) is 7.03. The molecule has 1 aliphatic rings. The van der Waals surface area contributed by atoms with E-state index in [9.17, 15) is 18.0 Å². The molecule has 2 heterocycles. The molecule has 1 saturated heterocycles. The molecule has 1 amide bonds. The highest BCUT2D eigenvalue weighted by Crippen LogP contribution is 2.28. The Kier molecular flexibility index (Phi) is 4.01. The highest BCUT2D eigenvalue weighted by molar-refractivity contribution is 6.31. The lowest BCUT2D eigenvalue weighted by Crippen LogP contribution is -2.51.